The van der Waals surface area contributed by atoms with Crippen LogP contribution in [0.1, 0.15) is 43.7 Å². The summed E-state index contributed by atoms with van der Waals surface area (Å²) in [6.45, 7) is 5.94. The topological polar surface area (TPSA) is 0 Å². The molecule has 168 valence electrons. The molecule has 0 saturated heterocycles. The Morgan fingerprint density at radius 2 is 1.30 bits per heavy atom. The number of rotatable bonds is 9. The summed E-state index contributed by atoms with van der Waals surface area (Å²) < 4.78 is 30.1. The highest BCUT2D eigenvalue weighted by Gasteiger charge is 2.14. The van der Waals surface area contributed by atoms with Crippen molar-refractivity contribution < 1.29 is 8.78 Å². The van der Waals surface area contributed by atoms with Crippen molar-refractivity contribution in [3.8, 4) is 22.3 Å². The van der Waals surface area contributed by atoms with E-state index in [9.17, 15) is 0 Å². The van der Waals surface area contributed by atoms with Gasteiger partial charge in [-0.25, -0.2) is 8.78 Å². The van der Waals surface area contributed by atoms with E-state index in [0.29, 0.717) is 11.1 Å². The average Bonchev–Trinajstić information content (AvgIpc) is 2.83. The molecule has 4 aromatic carbocycles. The highest BCUT2D eigenvalue weighted by molar-refractivity contribution is 5.88. The van der Waals surface area contributed by atoms with E-state index in [0.717, 1.165) is 41.2 Å². The van der Waals surface area contributed by atoms with Crippen LogP contribution < -0.4 is 0 Å². The fraction of sp³-hybridized carbons (Fsp3) is 0.226. The molecule has 0 heterocycles. The molecule has 0 radical (unpaired) electrons. The largest absolute Gasteiger partial charge is 0.206 e. The zero-order valence-corrected chi connectivity index (χ0v) is 19.2. The summed E-state index contributed by atoms with van der Waals surface area (Å²) in [7, 11) is 0. The van der Waals surface area contributed by atoms with Crippen molar-refractivity contribution in [2.45, 2.75) is 45.4 Å². The molecule has 4 aromatic rings. The van der Waals surface area contributed by atoms with Crippen molar-refractivity contribution in [3.05, 3.63) is 108 Å². The molecular weight excluding hydrogens is 410 g/mol. The molecule has 0 bridgehead atoms. The fourth-order valence-electron chi connectivity index (χ4n) is 4.33. The molecule has 0 N–H and O–H groups in total. The molecule has 0 aromatic heterocycles. The number of hydrogen-bond donors (Lipinski definition) is 0. The molecule has 0 atom stereocenters. The number of benzene rings is 4. The van der Waals surface area contributed by atoms with E-state index in [-0.39, 0.29) is 5.56 Å². The Bertz CT molecular complexity index is 1230. The van der Waals surface area contributed by atoms with E-state index in [1.165, 1.54) is 37.0 Å². The molecule has 0 saturated carbocycles. The summed E-state index contributed by atoms with van der Waals surface area (Å²) in [6.07, 6.45) is 8.35. The fourth-order valence-corrected chi connectivity index (χ4v) is 4.33. The van der Waals surface area contributed by atoms with Crippen molar-refractivity contribution in [3.63, 3.8) is 0 Å². The molecule has 2 heteroatoms. The number of allylic oxidation sites excluding steroid dienone is 1. The predicted octanol–water partition coefficient (Wildman–Crippen LogP) is 9.30. The summed E-state index contributed by atoms with van der Waals surface area (Å²) in [5.74, 6) is -1.09. The van der Waals surface area contributed by atoms with Gasteiger partial charge in [0.15, 0.2) is 0 Å². The number of aryl methyl sites for hydroxylation is 2. The van der Waals surface area contributed by atoms with Crippen molar-refractivity contribution in [2.75, 3.05) is 0 Å². The number of fused-ring (bicyclic) bond motifs is 1. The van der Waals surface area contributed by atoms with Gasteiger partial charge in [-0.2, -0.15) is 0 Å². The van der Waals surface area contributed by atoms with Crippen LogP contribution in [0.2, 0.25) is 0 Å². The SMILES string of the molecule is C=CCCc1ccc(-c2c(F)cc(-c3ccc4cc(CCCCC)ccc4c3)cc2F)cc1. The van der Waals surface area contributed by atoms with Gasteiger partial charge in [-0.15, -0.1) is 6.58 Å². The normalized spacial score (nSPS) is 11.1. The van der Waals surface area contributed by atoms with Crippen LogP contribution in [0.5, 0.6) is 0 Å². The molecule has 0 spiro atoms. The van der Waals surface area contributed by atoms with Crippen LogP contribution in [0.25, 0.3) is 33.0 Å². The first-order valence-corrected chi connectivity index (χ1v) is 11.8. The van der Waals surface area contributed by atoms with Crippen LogP contribution in [0.3, 0.4) is 0 Å². The molecule has 0 unspecified atom stereocenters. The maximum Gasteiger partial charge on any atom is 0.134 e. The quantitative estimate of drug-likeness (QED) is 0.180. The van der Waals surface area contributed by atoms with Gasteiger partial charge in [0.1, 0.15) is 11.6 Å². The number of halogens is 2. The van der Waals surface area contributed by atoms with E-state index in [1.54, 1.807) is 12.1 Å². The number of unbranched alkanes of at least 4 members (excludes halogenated alkanes) is 2. The van der Waals surface area contributed by atoms with Crippen LogP contribution in [0, 0.1) is 11.6 Å². The Morgan fingerprint density at radius 3 is 2.00 bits per heavy atom. The van der Waals surface area contributed by atoms with E-state index in [1.807, 2.05) is 36.4 Å². The van der Waals surface area contributed by atoms with Gasteiger partial charge in [-0.05, 0) is 82.5 Å². The van der Waals surface area contributed by atoms with Gasteiger partial charge in [0.2, 0.25) is 0 Å². The summed E-state index contributed by atoms with van der Waals surface area (Å²) in [5.41, 5.74) is 4.39. The highest BCUT2D eigenvalue weighted by Crippen LogP contribution is 2.33. The summed E-state index contributed by atoms with van der Waals surface area (Å²) in [4.78, 5) is 0. The Kier molecular flexibility index (Phi) is 7.34. The Morgan fingerprint density at radius 1 is 0.667 bits per heavy atom. The molecule has 0 nitrogen and oxygen atoms in total. The molecule has 0 aliphatic carbocycles. The Labute approximate surface area is 195 Å². The van der Waals surface area contributed by atoms with Gasteiger partial charge in [0.25, 0.3) is 0 Å². The average molecular weight is 441 g/mol. The van der Waals surface area contributed by atoms with Crippen molar-refractivity contribution in [1.29, 1.82) is 0 Å². The second-order valence-electron chi connectivity index (χ2n) is 8.69. The third-order valence-corrected chi connectivity index (χ3v) is 6.23. The zero-order valence-electron chi connectivity index (χ0n) is 19.2. The second-order valence-corrected chi connectivity index (χ2v) is 8.69. The van der Waals surface area contributed by atoms with E-state index >= 15 is 8.78 Å². The summed E-state index contributed by atoms with van der Waals surface area (Å²) in [6, 6.07) is 22.8. The van der Waals surface area contributed by atoms with Crippen LogP contribution in [0.15, 0.2) is 85.5 Å². The van der Waals surface area contributed by atoms with Gasteiger partial charge < -0.3 is 0 Å². The standard InChI is InChI=1S/C31H30F2/c1-3-5-7-9-23-12-15-26-19-27(17-16-25(26)18-23)28-20-29(32)31(30(33)21-28)24-13-10-22(11-14-24)8-6-4-2/h4,10-21H,2-3,5-9H2,1H3. The third-order valence-electron chi connectivity index (χ3n) is 6.23. The second kappa shape index (κ2) is 10.6. The molecule has 0 amide bonds. The van der Waals surface area contributed by atoms with E-state index in [2.05, 4.69) is 31.7 Å². The van der Waals surface area contributed by atoms with Gasteiger partial charge in [-0.3, -0.25) is 0 Å². The first-order chi connectivity index (χ1) is 16.1. The third kappa shape index (κ3) is 5.39. The lowest BCUT2D eigenvalue weighted by atomic mass is 9.95. The lowest BCUT2D eigenvalue weighted by Crippen LogP contribution is -1.93. The van der Waals surface area contributed by atoms with E-state index < -0.39 is 11.6 Å². The Balaban J connectivity index is 1.60. The molecule has 33 heavy (non-hydrogen) atoms. The molecule has 0 fully saturated rings. The van der Waals surface area contributed by atoms with Gasteiger partial charge >= 0.3 is 0 Å². The van der Waals surface area contributed by atoms with E-state index in [4.69, 9.17) is 0 Å². The molecular formula is C31H30F2. The van der Waals surface area contributed by atoms with Gasteiger partial charge in [-0.1, -0.05) is 80.4 Å². The minimum Gasteiger partial charge on any atom is -0.206 e. The van der Waals surface area contributed by atoms with Crippen LogP contribution in [-0.2, 0) is 12.8 Å². The smallest absolute Gasteiger partial charge is 0.134 e. The van der Waals surface area contributed by atoms with Crippen LogP contribution in [-0.4, -0.2) is 0 Å². The summed E-state index contributed by atoms with van der Waals surface area (Å²) in [5, 5.41) is 2.23. The minimum atomic E-state index is -0.546. The Hall–Kier alpha value is -3.26. The monoisotopic (exact) mass is 440 g/mol. The van der Waals surface area contributed by atoms with Gasteiger partial charge in [0, 0.05) is 0 Å². The van der Waals surface area contributed by atoms with Crippen LogP contribution in [0.4, 0.5) is 8.78 Å². The lowest BCUT2D eigenvalue weighted by molar-refractivity contribution is 0.590. The zero-order chi connectivity index (χ0) is 23.2. The first-order valence-electron chi connectivity index (χ1n) is 11.8. The molecule has 0 aliphatic heterocycles. The molecule has 4 rings (SSSR count). The molecule has 0 aliphatic rings. The predicted molar refractivity (Wildman–Crippen MR) is 136 cm³/mol. The highest BCUT2D eigenvalue weighted by atomic mass is 19.1. The number of hydrogen-bond acceptors (Lipinski definition) is 0. The van der Waals surface area contributed by atoms with Crippen LogP contribution >= 0.6 is 0 Å². The lowest BCUT2D eigenvalue weighted by Gasteiger charge is -2.11. The maximum absolute atomic E-state index is 15.0. The van der Waals surface area contributed by atoms with Gasteiger partial charge in [0.05, 0.1) is 5.56 Å². The van der Waals surface area contributed by atoms with Crippen molar-refractivity contribution >= 4 is 10.8 Å². The summed E-state index contributed by atoms with van der Waals surface area (Å²) >= 11 is 0. The maximum atomic E-state index is 15.0. The first kappa shape index (κ1) is 22.9. The van der Waals surface area contributed by atoms with Crippen molar-refractivity contribution in [2.24, 2.45) is 0 Å². The minimum absolute atomic E-state index is 0.0199. The van der Waals surface area contributed by atoms with Crippen molar-refractivity contribution in [1.82, 2.24) is 0 Å².